The zero-order valence-electron chi connectivity index (χ0n) is 12.1. The van der Waals surface area contributed by atoms with Crippen molar-refractivity contribution < 1.29 is 24.2 Å². The largest absolute Gasteiger partial charge is 0.480 e. The maximum absolute atomic E-state index is 11.5. The number of nitrogens with two attached hydrogens (primary N) is 1. The fourth-order valence-corrected chi connectivity index (χ4v) is 2.18. The number of hydrogen-bond acceptors (Lipinski definition) is 5. The van der Waals surface area contributed by atoms with Crippen LogP contribution in [0, 0.1) is 5.92 Å². The molecule has 2 amide bonds. The summed E-state index contributed by atoms with van der Waals surface area (Å²) in [6, 6.07) is -1.07. The van der Waals surface area contributed by atoms with Gasteiger partial charge >= 0.3 is 12.1 Å². The summed E-state index contributed by atoms with van der Waals surface area (Å²) in [6.07, 6.45) is -0.784. The second kappa shape index (κ2) is 7.98. The van der Waals surface area contributed by atoms with Crippen molar-refractivity contribution in [1.29, 1.82) is 0 Å². The molecule has 0 aliphatic heterocycles. The number of aliphatic carboxylic acids is 1. The third-order valence-electron chi connectivity index (χ3n) is 2.13. The van der Waals surface area contributed by atoms with Gasteiger partial charge in [-0.2, -0.15) is 11.8 Å². The molecule has 0 saturated carbocycles. The molecule has 0 saturated heterocycles. The van der Waals surface area contributed by atoms with Crippen molar-refractivity contribution in [3.63, 3.8) is 0 Å². The van der Waals surface area contributed by atoms with E-state index in [0.717, 1.165) is 0 Å². The summed E-state index contributed by atoms with van der Waals surface area (Å²) in [6.45, 7) is 6.72. The molecule has 0 bridgehead atoms. The van der Waals surface area contributed by atoms with Crippen LogP contribution in [0.5, 0.6) is 0 Å². The molecule has 7 nitrogen and oxygen atoms in total. The Balaban J connectivity index is 4.28. The van der Waals surface area contributed by atoms with E-state index in [1.54, 1.807) is 27.7 Å². The van der Waals surface area contributed by atoms with Crippen LogP contribution in [0.1, 0.15) is 27.7 Å². The summed E-state index contributed by atoms with van der Waals surface area (Å²) in [5.41, 5.74) is 4.41. The summed E-state index contributed by atoms with van der Waals surface area (Å²) in [7, 11) is 0. The predicted octanol–water partition coefficient (Wildman–Crippen LogP) is 0.819. The first-order valence-corrected chi connectivity index (χ1v) is 7.27. The van der Waals surface area contributed by atoms with Gasteiger partial charge < -0.3 is 20.9 Å². The topological polar surface area (TPSA) is 119 Å². The lowest BCUT2D eigenvalue weighted by atomic mass is 10.2. The van der Waals surface area contributed by atoms with Gasteiger partial charge in [0.05, 0.1) is 0 Å². The van der Waals surface area contributed by atoms with Gasteiger partial charge in [-0.3, -0.25) is 4.79 Å². The summed E-state index contributed by atoms with van der Waals surface area (Å²) in [5.74, 6) is -1.42. The number of primary amides is 1. The third kappa shape index (κ3) is 8.63. The first kappa shape index (κ1) is 18.6. The summed E-state index contributed by atoms with van der Waals surface area (Å²) in [4.78, 5) is 33.4. The first-order chi connectivity index (χ1) is 9.03. The van der Waals surface area contributed by atoms with Crippen LogP contribution < -0.4 is 11.1 Å². The number of rotatable bonds is 7. The van der Waals surface area contributed by atoms with Gasteiger partial charge in [0.1, 0.15) is 11.6 Å². The van der Waals surface area contributed by atoms with Crippen molar-refractivity contribution in [1.82, 2.24) is 5.32 Å². The number of thioether (sulfide) groups is 1. The van der Waals surface area contributed by atoms with E-state index in [0.29, 0.717) is 5.75 Å². The van der Waals surface area contributed by atoms with Crippen molar-refractivity contribution >= 4 is 29.7 Å². The van der Waals surface area contributed by atoms with E-state index in [4.69, 9.17) is 15.6 Å². The molecule has 0 heterocycles. The number of hydrogen-bond donors (Lipinski definition) is 3. The molecule has 0 radical (unpaired) electrons. The lowest BCUT2D eigenvalue weighted by molar-refractivity contribution is -0.138. The highest BCUT2D eigenvalue weighted by molar-refractivity contribution is 7.99. The SMILES string of the molecule is CC(CSCC(NC(=O)OC(C)(C)C)C(=O)O)C(N)=O. The summed E-state index contributed by atoms with van der Waals surface area (Å²) >= 11 is 1.23. The maximum Gasteiger partial charge on any atom is 0.408 e. The Morgan fingerprint density at radius 1 is 1.30 bits per heavy atom. The number of carboxylic acids is 1. The van der Waals surface area contributed by atoms with E-state index < -0.39 is 29.6 Å². The smallest absolute Gasteiger partial charge is 0.408 e. The molecule has 0 aromatic rings. The maximum atomic E-state index is 11.5. The van der Waals surface area contributed by atoms with Crippen molar-refractivity contribution in [3.05, 3.63) is 0 Å². The monoisotopic (exact) mass is 306 g/mol. The minimum atomic E-state index is -1.16. The summed E-state index contributed by atoms with van der Waals surface area (Å²) < 4.78 is 4.99. The molecular weight excluding hydrogens is 284 g/mol. The molecule has 0 spiro atoms. The van der Waals surface area contributed by atoms with Crippen LogP contribution in [0.4, 0.5) is 4.79 Å². The number of amides is 2. The average Bonchev–Trinajstić information content (AvgIpc) is 2.24. The van der Waals surface area contributed by atoms with Crippen LogP contribution in [-0.4, -0.2) is 46.2 Å². The highest BCUT2D eigenvalue weighted by atomic mass is 32.2. The number of nitrogens with one attached hydrogen (secondary N) is 1. The van der Waals surface area contributed by atoms with Crippen molar-refractivity contribution in [3.8, 4) is 0 Å². The Labute approximate surface area is 122 Å². The molecule has 0 aromatic carbocycles. The fourth-order valence-electron chi connectivity index (χ4n) is 1.07. The molecule has 2 unspecified atom stereocenters. The van der Waals surface area contributed by atoms with Gasteiger partial charge in [-0.1, -0.05) is 6.92 Å². The molecular formula is C12H22N2O5S. The van der Waals surface area contributed by atoms with Crippen LogP contribution in [-0.2, 0) is 14.3 Å². The van der Waals surface area contributed by atoms with Crippen molar-refractivity contribution in [2.45, 2.75) is 39.3 Å². The molecule has 2 atom stereocenters. The van der Waals surface area contributed by atoms with Crippen LogP contribution in [0.2, 0.25) is 0 Å². The molecule has 4 N–H and O–H groups in total. The van der Waals surface area contributed by atoms with Gasteiger partial charge in [0.2, 0.25) is 5.91 Å². The van der Waals surface area contributed by atoms with Crippen LogP contribution in [0.15, 0.2) is 0 Å². The van der Waals surface area contributed by atoms with E-state index in [1.165, 1.54) is 11.8 Å². The van der Waals surface area contributed by atoms with Gasteiger partial charge in [-0.15, -0.1) is 0 Å². The molecule has 0 aliphatic rings. The van der Waals surface area contributed by atoms with Gasteiger partial charge in [-0.05, 0) is 20.8 Å². The third-order valence-corrected chi connectivity index (χ3v) is 3.43. The van der Waals surface area contributed by atoms with E-state index in [9.17, 15) is 14.4 Å². The Hall–Kier alpha value is -1.44. The Morgan fingerprint density at radius 2 is 1.85 bits per heavy atom. The van der Waals surface area contributed by atoms with Gasteiger partial charge in [0, 0.05) is 17.4 Å². The Morgan fingerprint density at radius 3 is 2.25 bits per heavy atom. The number of carbonyl (C=O) groups is 3. The predicted molar refractivity (Wildman–Crippen MR) is 76.5 cm³/mol. The minimum Gasteiger partial charge on any atom is -0.480 e. The molecule has 8 heteroatoms. The van der Waals surface area contributed by atoms with Gasteiger partial charge in [0.15, 0.2) is 0 Å². The minimum absolute atomic E-state index is 0.131. The standard InChI is InChI=1S/C12H22N2O5S/c1-7(9(13)15)5-20-6-8(10(16)17)14-11(18)19-12(2,3)4/h7-8H,5-6H2,1-4H3,(H2,13,15)(H,14,18)(H,16,17). The zero-order chi connectivity index (χ0) is 15.9. The van der Waals surface area contributed by atoms with Crippen molar-refractivity contribution in [2.75, 3.05) is 11.5 Å². The molecule has 20 heavy (non-hydrogen) atoms. The Bertz CT molecular complexity index is 367. The first-order valence-electron chi connectivity index (χ1n) is 6.12. The second-order valence-electron chi connectivity index (χ2n) is 5.38. The molecule has 0 aliphatic carbocycles. The number of alkyl carbamates (subject to hydrolysis) is 1. The lowest BCUT2D eigenvalue weighted by Crippen LogP contribution is -2.45. The van der Waals surface area contributed by atoms with Crippen LogP contribution in [0.3, 0.4) is 0 Å². The second-order valence-corrected chi connectivity index (χ2v) is 6.45. The highest BCUT2D eigenvalue weighted by Gasteiger charge is 2.24. The van der Waals surface area contributed by atoms with Crippen LogP contribution in [0.25, 0.3) is 0 Å². The zero-order valence-corrected chi connectivity index (χ0v) is 13.0. The van der Waals surface area contributed by atoms with Crippen molar-refractivity contribution in [2.24, 2.45) is 11.7 Å². The van der Waals surface area contributed by atoms with Gasteiger partial charge in [0.25, 0.3) is 0 Å². The van der Waals surface area contributed by atoms with Gasteiger partial charge in [-0.25, -0.2) is 9.59 Å². The summed E-state index contributed by atoms with van der Waals surface area (Å²) in [5, 5.41) is 11.3. The molecule has 0 aromatic heterocycles. The molecule has 0 rings (SSSR count). The lowest BCUT2D eigenvalue weighted by Gasteiger charge is -2.22. The number of carbonyl (C=O) groups excluding carboxylic acids is 2. The Kier molecular flexibility index (Phi) is 7.41. The normalized spacial score (nSPS) is 14.2. The van der Waals surface area contributed by atoms with E-state index >= 15 is 0 Å². The van der Waals surface area contributed by atoms with E-state index in [1.807, 2.05) is 0 Å². The molecule has 116 valence electrons. The average molecular weight is 306 g/mol. The quantitative estimate of drug-likeness (QED) is 0.640. The van der Waals surface area contributed by atoms with E-state index in [2.05, 4.69) is 5.32 Å². The van der Waals surface area contributed by atoms with Crippen LogP contribution >= 0.6 is 11.8 Å². The molecule has 0 fully saturated rings. The fraction of sp³-hybridized carbons (Fsp3) is 0.750. The number of ether oxygens (including phenoxy) is 1. The highest BCUT2D eigenvalue weighted by Crippen LogP contribution is 2.11. The van der Waals surface area contributed by atoms with E-state index in [-0.39, 0.29) is 11.7 Å². The number of carboxylic acid groups (broad SMARTS) is 1.